The molecule has 4 nitrogen and oxygen atoms in total. The van der Waals surface area contributed by atoms with Gasteiger partial charge in [-0.25, -0.2) is 8.42 Å². The van der Waals surface area contributed by atoms with Gasteiger partial charge in [0.15, 0.2) is 0 Å². The van der Waals surface area contributed by atoms with E-state index in [0.29, 0.717) is 12.2 Å². The van der Waals surface area contributed by atoms with Crippen molar-refractivity contribution in [3.8, 4) is 0 Å². The van der Waals surface area contributed by atoms with Crippen molar-refractivity contribution in [1.82, 2.24) is 5.32 Å². The maximum absolute atomic E-state index is 12.0. The zero-order chi connectivity index (χ0) is 12.9. The molecule has 0 saturated heterocycles. The van der Waals surface area contributed by atoms with E-state index in [0.717, 1.165) is 10.1 Å². The number of halogens is 1. The molecule has 96 valence electrons. The molecule has 0 aliphatic carbocycles. The fraction of sp³-hybridized carbons (Fsp3) is 0.455. The van der Waals surface area contributed by atoms with Gasteiger partial charge in [0.25, 0.3) is 0 Å². The molecule has 17 heavy (non-hydrogen) atoms. The Bertz CT molecular complexity index is 462. The highest BCUT2D eigenvalue weighted by molar-refractivity contribution is 14.1. The van der Waals surface area contributed by atoms with Crippen LogP contribution in [0.25, 0.3) is 0 Å². The molecule has 1 rings (SSSR count). The summed E-state index contributed by atoms with van der Waals surface area (Å²) in [5, 5.41) is 2.57. The van der Waals surface area contributed by atoms with Crippen molar-refractivity contribution in [2.45, 2.75) is 19.1 Å². The maximum atomic E-state index is 12.0. The third-order valence-electron chi connectivity index (χ3n) is 2.34. The van der Waals surface area contributed by atoms with Gasteiger partial charge in [-0.3, -0.25) is 4.72 Å². The summed E-state index contributed by atoms with van der Waals surface area (Å²) in [5.74, 6) is 0. The third-order valence-corrected chi connectivity index (χ3v) is 5.01. The van der Waals surface area contributed by atoms with E-state index >= 15 is 0 Å². The maximum Gasteiger partial charge on any atom is 0.236 e. The zero-order valence-electron chi connectivity index (χ0n) is 9.90. The molecule has 0 bridgehead atoms. The molecule has 0 aliphatic heterocycles. The number of sulfonamides is 1. The van der Waals surface area contributed by atoms with Gasteiger partial charge in [0.1, 0.15) is 0 Å². The molecule has 0 fully saturated rings. The van der Waals surface area contributed by atoms with Crippen LogP contribution >= 0.6 is 22.6 Å². The molecule has 0 aromatic heterocycles. The number of para-hydroxylation sites is 1. The second-order valence-electron chi connectivity index (χ2n) is 3.75. The largest absolute Gasteiger partial charge is 0.316 e. The summed E-state index contributed by atoms with van der Waals surface area (Å²) in [4.78, 5) is 0. The fourth-order valence-corrected chi connectivity index (χ4v) is 2.98. The Hall–Kier alpha value is -0.340. The first-order chi connectivity index (χ1) is 7.97. The van der Waals surface area contributed by atoms with E-state index < -0.39 is 15.3 Å². The number of nitrogens with one attached hydrogen (secondary N) is 2. The summed E-state index contributed by atoms with van der Waals surface area (Å²) < 4.78 is 27.5. The lowest BCUT2D eigenvalue weighted by molar-refractivity contribution is 0.579. The number of rotatable bonds is 6. The average Bonchev–Trinajstić information content (AvgIpc) is 2.28. The summed E-state index contributed by atoms with van der Waals surface area (Å²) >= 11 is 2.11. The van der Waals surface area contributed by atoms with E-state index in [2.05, 4.69) is 32.6 Å². The molecule has 1 aromatic rings. The highest BCUT2D eigenvalue weighted by atomic mass is 127. The number of hydrogen-bond acceptors (Lipinski definition) is 3. The van der Waals surface area contributed by atoms with E-state index in [1.54, 1.807) is 13.0 Å². The van der Waals surface area contributed by atoms with Crippen LogP contribution in [0.3, 0.4) is 0 Å². The Morgan fingerprint density at radius 3 is 2.59 bits per heavy atom. The monoisotopic (exact) mass is 368 g/mol. The van der Waals surface area contributed by atoms with Gasteiger partial charge in [-0.15, -0.1) is 0 Å². The van der Waals surface area contributed by atoms with E-state index in [1.165, 1.54) is 0 Å². The molecule has 1 unspecified atom stereocenters. The second-order valence-corrected chi connectivity index (χ2v) is 7.01. The normalized spacial score (nSPS) is 13.4. The predicted octanol–water partition coefficient (Wildman–Crippen LogP) is 2.03. The molecular formula is C11H17IN2O2S. The van der Waals surface area contributed by atoms with Crippen LogP contribution < -0.4 is 10.0 Å². The van der Waals surface area contributed by atoms with Crippen molar-refractivity contribution in [1.29, 1.82) is 0 Å². The molecule has 0 spiro atoms. The summed E-state index contributed by atoms with van der Waals surface area (Å²) in [6.45, 7) is 4.87. The van der Waals surface area contributed by atoms with Crippen molar-refractivity contribution in [3.05, 3.63) is 27.8 Å². The molecule has 6 heteroatoms. The van der Waals surface area contributed by atoms with Crippen LogP contribution in [0.2, 0.25) is 0 Å². The van der Waals surface area contributed by atoms with Gasteiger partial charge in [0.05, 0.1) is 10.9 Å². The smallest absolute Gasteiger partial charge is 0.236 e. The van der Waals surface area contributed by atoms with Crippen molar-refractivity contribution in [3.63, 3.8) is 0 Å². The van der Waals surface area contributed by atoms with Crippen LogP contribution in [0, 0.1) is 3.57 Å². The van der Waals surface area contributed by atoms with E-state index in [4.69, 9.17) is 0 Å². The Kier molecular flexibility index (Phi) is 5.68. The Labute approximate surface area is 116 Å². The fourth-order valence-electron chi connectivity index (χ4n) is 1.26. The molecule has 0 aliphatic rings. The minimum absolute atomic E-state index is 0.454. The van der Waals surface area contributed by atoms with Gasteiger partial charge in [-0.1, -0.05) is 19.1 Å². The first kappa shape index (κ1) is 14.7. The van der Waals surface area contributed by atoms with E-state index in [9.17, 15) is 8.42 Å². The first-order valence-corrected chi connectivity index (χ1v) is 8.06. The highest BCUT2D eigenvalue weighted by Crippen LogP contribution is 2.19. The summed E-state index contributed by atoms with van der Waals surface area (Å²) in [6.07, 6.45) is 0. The quantitative estimate of drug-likeness (QED) is 0.756. The number of anilines is 1. The van der Waals surface area contributed by atoms with Gasteiger partial charge in [-0.05, 0) is 48.2 Å². The van der Waals surface area contributed by atoms with Crippen LogP contribution in [-0.4, -0.2) is 26.8 Å². The topological polar surface area (TPSA) is 58.2 Å². The predicted molar refractivity (Wildman–Crippen MR) is 79.7 cm³/mol. The van der Waals surface area contributed by atoms with Crippen LogP contribution in [-0.2, 0) is 10.0 Å². The van der Waals surface area contributed by atoms with Gasteiger partial charge in [-0.2, -0.15) is 0 Å². The lowest BCUT2D eigenvalue weighted by Crippen LogP contribution is -2.34. The molecular weight excluding hydrogens is 351 g/mol. The zero-order valence-corrected chi connectivity index (χ0v) is 12.9. The van der Waals surface area contributed by atoms with Gasteiger partial charge < -0.3 is 5.32 Å². The van der Waals surface area contributed by atoms with E-state index in [1.807, 2.05) is 25.1 Å². The third kappa shape index (κ3) is 4.44. The van der Waals surface area contributed by atoms with Crippen LogP contribution in [0.1, 0.15) is 13.8 Å². The van der Waals surface area contributed by atoms with Crippen molar-refractivity contribution in [2.24, 2.45) is 0 Å². The molecule has 0 radical (unpaired) electrons. The molecule has 0 amide bonds. The molecule has 2 N–H and O–H groups in total. The van der Waals surface area contributed by atoms with Crippen LogP contribution in [0.4, 0.5) is 5.69 Å². The minimum atomic E-state index is -3.33. The summed E-state index contributed by atoms with van der Waals surface area (Å²) in [7, 11) is -3.33. The Morgan fingerprint density at radius 2 is 2.00 bits per heavy atom. The van der Waals surface area contributed by atoms with Crippen molar-refractivity contribution in [2.75, 3.05) is 17.8 Å². The SMILES string of the molecule is CCNCC(C)S(=O)(=O)Nc1ccccc1I. The Morgan fingerprint density at radius 1 is 1.35 bits per heavy atom. The van der Waals surface area contributed by atoms with Crippen molar-refractivity contribution < 1.29 is 8.42 Å². The molecule has 1 aromatic carbocycles. The number of benzene rings is 1. The van der Waals surface area contributed by atoms with Gasteiger partial charge in [0, 0.05) is 10.1 Å². The Balaban J connectivity index is 2.76. The minimum Gasteiger partial charge on any atom is -0.316 e. The lowest BCUT2D eigenvalue weighted by Gasteiger charge is -2.15. The summed E-state index contributed by atoms with van der Waals surface area (Å²) in [6, 6.07) is 7.32. The van der Waals surface area contributed by atoms with Crippen LogP contribution in [0.5, 0.6) is 0 Å². The van der Waals surface area contributed by atoms with Crippen molar-refractivity contribution >= 4 is 38.3 Å². The van der Waals surface area contributed by atoms with Gasteiger partial charge >= 0.3 is 0 Å². The standard InChI is InChI=1S/C11H17IN2O2S/c1-3-13-8-9(2)17(15,16)14-11-7-5-4-6-10(11)12/h4-7,9,13-14H,3,8H2,1-2H3. The van der Waals surface area contributed by atoms with Crippen LogP contribution in [0.15, 0.2) is 24.3 Å². The summed E-state index contributed by atoms with van der Waals surface area (Å²) in [5.41, 5.74) is 0.636. The second kappa shape index (κ2) is 6.55. The first-order valence-electron chi connectivity index (χ1n) is 5.44. The van der Waals surface area contributed by atoms with E-state index in [-0.39, 0.29) is 0 Å². The molecule has 0 saturated carbocycles. The molecule has 1 atom stereocenters. The van der Waals surface area contributed by atoms with Gasteiger partial charge in [0.2, 0.25) is 10.0 Å². The highest BCUT2D eigenvalue weighted by Gasteiger charge is 2.20. The number of hydrogen-bond donors (Lipinski definition) is 2. The lowest BCUT2D eigenvalue weighted by atomic mass is 10.3. The average molecular weight is 368 g/mol. The molecule has 0 heterocycles.